The number of hydrogen-bond donors (Lipinski definition) is 0. The van der Waals surface area contributed by atoms with Crippen LogP contribution < -0.4 is 0 Å². The van der Waals surface area contributed by atoms with Gasteiger partial charge in [-0.2, -0.15) is 0 Å². The SMILES string of the molecule is Clc1ccc(C#CC2=C(C#Cc3ccc(Cl)cc3)CCC2)cc1. The molecule has 0 N–H and O–H groups in total. The van der Waals surface area contributed by atoms with Crippen LogP contribution in [0.2, 0.25) is 10.0 Å². The molecule has 0 unspecified atom stereocenters. The van der Waals surface area contributed by atoms with E-state index in [1.807, 2.05) is 48.5 Å². The zero-order chi connectivity index (χ0) is 16.1. The molecular weight excluding hydrogens is 323 g/mol. The zero-order valence-electron chi connectivity index (χ0n) is 12.5. The van der Waals surface area contributed by atoms with Crippen LogP contribution >= 0.6 is 23.2 Å². The Balaban J connectivity index is 1.82. The van der Waals surface area contributed by atoms with Crippen molar-refractivity contribution in [3.63, 3.8) is 0 Å². The van der Waals surface area contributed by atoms with Crippen molar-refractivity contribution in [1.29, 1.82) is 0 Å². The Morgan fingerprint density at radius 1 is 0.565 bits per heavy atom. The van der Waals surface area contributed by atoms with Crippen LogP contribution in [0.25, 0.3) is 0 Å². The van der Waals surface area contributed by atoms with Gasteiger partial charge in [0.2, 0.25) is 0 Å². The molecule has 2 aromatic carbocycles. The minimum atomic E-state index is 0.727. The zero-order valence-corrected chi connectivity index (χ0v) is 14.0. The van der Waals surface area contributed by atoms with Crippen LogP contribution in [-0.4, -0.2) is 0 Å². The van der Waals surface area contributed by atoms with Gasteiger partial charge in [0.15, 0.2) is 0 Å². The van der Waals surface area contributed by atoms with Gasteiger partial charge in [0.05, 0.1) is 0 Å². The number of halogens is 2. The van der Waals surface area contributed by atoms with E-state index in [0.717, 1.165) is 51.6 Å². The van der Waals surface area contributed by atoms with Crippen LogP contribution in [0.5, 0.6) is 0 Å². The van der Waals surface area contributed by atoms with Gasteiger partial charge in [0.1, 0.15) is 0 Å². The summed E-state index contributed by atoms with van der Waals surface area (Å²) < 4.78 is 0. The van der Waals surface area contributed by atoms with Crippen LogP contribution in [0, 0.1) is 23.7 Å². The molecule has 0 fully saturated rings. The van der Waals surface area contributed by atoms with E-state index < -0.39 is 0 Å². The lowest BCUT2D eigenvalue weighted by molar-refractivity contribution is 0.910. The van der Waals surface area contributed by atoms with E-state index in [-0.39, 0.29) is 0 Å². The maximum atomic E-state index is 5.89. The maximum Gasteiger partial charge on any atom is 0.0406 e. The summed E-state index contributed by atoms with van der Waals surface area (Å²) in [6, 6.07) is 15.2. The lowest BCUT2D eigenvalue weighted by Crippen LogP contribution is -1.80. The molecule has 2 aromatic rings. The Morgan fingerprint density at radius 3 is 1.35 bits per heavy atom. The minimum absolute atomic E-state index is 0.727. The predicted octanol–water partition coefficient (Wildman–Crippen LogP) is 5.88. The molecule has 0 radical (unpaired) electrons. The summed E-state index contributed by atoms with van der Waals surface area (Å²) >= 11 is 11.8. The van der Waals surface area contributed by atoms with Gasteiger partial charge in [-0.15, -0.1) is 0 Å². The molecule has 3 rings (SSSR count). The van der Waals surface area contributed by atoms with E-state index >= 15 is 0 Å². The van der Waals surface area contributed by atoms with Crippen molar-refractivity contribution in [2.45, 2.75) is 19.3 Å². The molecule has 0 atom stereocenters. The van der Waals surface area contributed by atoms with Crippen molar-refractivity contribution in [2.75, 3.05) is 0 Å². The topological polar surface area (TPSA) is 0 Å². The van der Waals surface area contributed by atoms with Crippen LogP contribution in [0.1, 0.15) is 30.4 Å². The quantitative estimate of drug-likeness (QED) is 0.527. The molecule has 2 heteroatoms. The van der Waals surface area contributed by atoms with Crippen LogP contribution in [-0.2, 0) is 0 Å². The molecule has 1 aliphatic carbocycles. The standard InChI is InChI=1S/C21H14Cl2/c22-20-12-6-16(7-13-20)4-10-18-2-1-3-19(18)11-5-17-8-14-21(23)15-9-17/h6-9,12-15H,1-3H2. The Hall–Kier alpha value is -2.12. The fourth-order valence-corrected chi connectivity index (χ4v) is 2.63. The summed E-state index contributed by atoms with van der Waals surface area (Å²) in [5, 5.41) is 1.45. The lowest BCUT2D eigenvalue weighted by atomic mass is 10.1. The Kier molecular flexibility index (Phi) is 5.09. The summed E-state index contributed by atoms with van der Waals surface area (Å²) in [6.07, 6.45) is 3.13. The van der Waals surface area contributed by atoms with Gasteiger partial charge >= 0.3 is 0 Å². The second kappa shape index (κ2) is 7.43. The van der Waals surface area contributed by atoms with Crippen LogP contribution in [0.15, 0.2) is 59.7 Å². The highest BCUT2D eigenvalue weighted by Gasteiger charge is 2.10. The van der Waals surface area contributed by atoms with Gasteiger partial charge in [0.25, 0.3) is 0 Å². The van der Waals surface area contributed by atoms with Crippen molar-refractivity contribution in [1.82, 2.24) is 0 Å². The van der Waals surface area contributed by atoms with Crippen molar-refractivity contribution in [3.05, 3.63) is 80.8 Å². The second-order valence-electron chi connectivity index (χ2n) is 5.32. The molecule has 0 aromatic heterocycles. The molecule has 0 bridgehead atoms. The maximum absolute atomic E-state index is 5.89. The summed E-state index contributed by atoms with van der Waals surface area (Å²) in [5.41, 5.74) is 4.25. The molecular formula is C21H14Cl2. The van der Waals surface area contributed by atoms with E-state index in [9.17, 15) is 0 Å². The highest BCUT2D eigenvalue weighted by molar-refractivity contribution is 6.30. The molecule has 23 heavy (non-hydrogen) atoms. The van der Waals surface area contributed by atoms with E-state index in [1.165, 1.54) is 0 Å². The molecule has 0 saturated carbocycles. The molecule has 112 valence electrons. The van der Waals surface area contributed by atoms with Crippen LogP contribution in [0.4, 0.5) is 0 Å². The third-order valence-electron chi connectivity index (χ3n) is 3.62. The third-order valence-corrected chi connectivity index (χ3v) is 4.13. The molecule has 0 nitrogen and oxygen atoms in total. The van der Waals surface area contributed by atoms with Gasteiger partial charge in [0, 0.05) is 32.3 Å². The highest BCUT2D eigenvalue weighted by atomic mass is 35.5. The monoisotopic (exact) mass is 336 g/mol. The molecule has 0 spiro atoms. The van der Waals surface area contributed by atoms with Crippen molar-refractivity contribution < 1.29 is 0 Å². The first-order chi connectivity index (χ1) is 11.2. The summed E-state index contributed by atoms with van der Waals surface area (Å²) in [6.45, 7) is 0. The Bertz CT molecular complexity index is 775. The average Bonchev–Trinajstić information content (AvgIpc) is 3.01. The van der Waals surface area contributed by atoms with Gasteiger partial charge in [-0.3, -0.25) is 0 Å². The summed E-state index contributed by atoms with van der Waals surface area (Å²) in [5.74, 6) is 12.9. The Morgan fingerprint density at radius 2 is 0.957 bits per heavy atom. The van der Waals surface area contributed by atoms with Crippen molar-refractivity contribution in [3.8, 4) is 23.7 Å². The van der Waals surface area contributed by atoms with Gasteiger partial charge in [-0.25, -0.2) is 0 Å². The largest absolute Gasteiger partial charge is 0.0843 e. The van der Waals surface area contributed by atoms with Crippen molar-refractivity contribution in [2.24, 2.45) is 0 Å². The first kappa shape index (κ1) is 15.8. The number of benzene rings is 2. The number of rotatable bonds is 0. The number of hydrogen-bond acceptors (Lipinski definition) is 0. The fraction of sp³-hybridized carbons (Fsp3) is 0.143. The van der Waals surface area contributed by atoms with E-state index in [2.05, 4.69) is 23.7 Å². The summed E-state index contributed by atoms with van der Waals surface area (Å²) in [4.78, 5) is 0. The average molecular weight is 337 g/mol. The molecule has 0 heterocycles. The molecule has 1 aliphatic rings. The first-order valence-corrected chi connectivity index (χ1v) is 8.23. The van der Waals surface area contributed by atoms with Crippen molar-refractivity contribution >= 4 is 23.2 Å². The van der Waals surface area contributed by atoms with E-state index in [1.54, 1.807) is 0 Å². The van der Waals surface area contributed by atoms with Gasteiger partial charge in [-0.1, -0.05) is 46.9 Å². The first-order valence-electron chi connectivity index (χ1n) is 7.48. The summed E-state index contributed by atoms with van der Waals surface area (Å²) in [7, 11) is 0. The Labute approximate surface area is 147 Å². The fourth-order valence-electron chi connectivity index (χ4n) is 2.38. The van der Waals surface area contributed by atoms with Crippen LogP contribution in [0.3, 0.4) is 0 Å². The predicted molar refractivity (Wildman–Crippen MR) is 97.5 cm³/mol. The highest BCUT2D eigenvalue weighted by Crippen LogP contribution is 2.25. The molecule has 0 saturated heterocycles. The van der Waals surface area contributed by atoms with Gasteiger partial charge < -0.3 is 0 Å². The second-order valence-corrected chi connectivity index (χ2v) is 6.20. The normalized spacial score (nSPS) is 13.1. The third kappa shape index (κ3) is 4.43. The van der Waals surface area contributed by atoms with E-state index in [4.69, 9.17) is 23.2 Å². The lowest BCUT2D eigenvalue weighted by Gasteiger charge is -1.93. The molecule has 0 aliphatic heterocycles. The van der Waals surface area contributed by atoms with Gasteiger partial charge in [-0.05, 0) is 67.8 Å². The number of allylic oxidation sites excluding steroid dienone is 2. The smallest absolute Gasteiger partial charge is 0.0406 e. The van der Waals surface area contributed by atoms with E-state index in [0.29, 0.717) is 0 Å². The molecule has 0 amide bonds. The minimum Gasteiger partial charge on any atom is -0.0843 e.